The van der Waals surface area contributed by atoms with Crippen LogP contribution >= 0.6 is 12.2 Å². The van der Waals surface area contributed by atoms with Gasteiger partial charge in [-0.1, -0.05) is 13.8 Å². The Balaban J connectivity index is 2.06. The number of hydrazine groups is 1. The van der Waals surface area contributed by atoms with Gasteiger partial charge in [-0.15, -0.1) is 0 Å². The van der Waals surface area contributed by atoms with Gasteiger partial charge in [0.15, 0.2) is 5.11 Å². The number of carbonyl (C=O) groups is 1. The second-order valence-corrected chi connectivity index (χ2v) is 6.98. The predicted octanol–water partition coefficient (Wildman–Crippen LogP) is 1.59. The number of hydrogen-bond donors (Lipinski definition) is 3. The SMILES string of the molecule is CC(C)CCNC(=S)NNC(=O)c1cc([N+](=O)[O-])ccc1N1CCOCC1. The number of nitrogens with one attached hydrogen (secondary N) is 3. The Labute approximate surface area is 163 Å². The number of carbonyl (C=O) groups excluding carboxylic acids is 1. The fraction of sp³-hybridized carbons (Fsp3) is 0.529. The minimum absolute atomic E-state index is 0.144. The number of nitrogens with zero attached hydrogens (tertiary/aromatic N) is 2. The van der Waals surface area contributed by atoms with Gasteiger partial charge in [-0.25, -0.2) is 0 Å². The molecule has 9 nitrogen and oxygen atoms in total. The zero-order valence-electron chi connectivity index (χ0n) is 15.5. The van der Waals surface area contributed by atoms with Gasteiger partial charge >= 0.3 is 0 Å². The number of thiocarbonyl (C=S) groups is 1. The van der Waals surface area contributed by atoms with Gasteiger partial charge in [0.1, 0.15) is 0 Å². The van der Waals surface area contributed by atoms with Gasteiger partial charge in [0.25, 0.3) is 11.6 Å². The van der Waals surface area contributed by atoms with Crippen molar-refractivity contribution in [3.63, 3.8) is 0 Å². The summed E-state index contributed by atoms with van der Waals surface area (Å²) in [6, 6.07) is 4.27. The second kappa shape index (κ2) is 10.0. The van der Waals surface area contributed by atoms with E-state index < -0.39 is 10.8 Å². The highest BCUT2D eigenvalue weighted by Gasteiger charge is 2.22. The van der Waals surface area contributed by atoms with Crippen molar-refractivity contribution in [3.8, 4) is 0 Å². The molecule has 1 saturated heterocycles. The van der Waals surface area contributed by atoms with E-state index in [1.807, 2.05) is 4.90 Å². The lowest BCUT2D eigenvalue weighted by molar-refractivity contribution is -0.384. The molecule has 0 spiro atoms. The molecule has 0 aromatic heterocycles. The molecule has 148 valence electrons. The molecule has 1 amide bonds. The molecule has 1 aromatic rings. The molecule has 0 saturated carbocycles. The molecule has 3 N–H and O–H groups in total. The van der Waals surface area contributed by atoms with Crippen molar-refractivity contribution < 1.29 is 14.5 Å². The van der Waals surface area contributed by atoms with Gasteiger partial charge in [0.2, 0.25) is 0 Å². The van der Waals surface area contributed by atoms with Crippen molar-refractivity contribution >= 4 is 34.6 Å². The zero-order chi connectivity index (χ0) is 19.8. The van der Waals surface area contributed by atoms with Crippen molar-refractivity contribution in [2.45, 2.75) is 20.3 Å². The summed E-state index contributed by atoms with van der Waals surface area (Å²) < 4.78 is 5.33. The highest BCUT2D eigenvalue weighted by atomic mass is 32.1. The molecule has 2 rings (SSSR count). The van der Waals surface area contributed by atoms with Crippen LogP contribution in [0.25, 0.3) is 0 Å². The van der Waals surface area contributed by atoms with Crippen LogP contribution in [0.3, 0.4) is 0 Å². The number of nitro groups is 1. The number of morpholine rings is 1. The minimum Gasteiger partial charge on any atom is -0.378 e. The summed E-state index contributed by atoms with van der Waals surface area (Å²) in [6.07, 6.45) is 0.946. The van der Waals surface area contributed by atoms with Crippen LogP contribution in [0.5, 0.6) is 0 Å². The Bertz CT molecular complexity index is 692. The molecule has 0 unspecified atom stereocenters. The molecule has 1 heterocycles. The maximum atomic E-state index is 12.6. The molecular weight excluding hydrogens is 370 g/mol. The van der Waals surface area contributed by atoms with Crippen LogP contribution in [-0.4, -0.2) is 48.8 Å². The molecule has 10 heteroatoms. The molecule has 1 aromatic carbocycles. The van der Waals surface area contributed by atoms with Crippen LogP contribution in [0.4, 0.5) is 11.4 Å². The summed E-state index contributed by atoms with van der Waals surface area (Å²) in [4.78, 5) is 25.2. The van der Waals surface area contributed by atoms with Gasteiger partial charge in [-0.2, -0.15) is 0 Å². The molecular formula is C17H25N5O4S. The van der Waals surface area contributed by atoms with Crippen molar-refractivity contribution in [1.82, 2.24) is 16.2 Å². The normalized spacial score (nSPS) is 14.0. The molecule has 27 heavy (non-hydrogen) atoms. The monoisotopic (exact) mass is 395 g/mol. The first-order valence-corrected chi connectivity index (χ1v) is 9.24. The van der Waals surface area contributed by atoms with E-state index in [9.17, 15) is 14.9 Å². The maximum Gasteiger partial charge on any atom is 0.272 e. The van der Waals surface area contributed by atoms with Gasteiger partial charge in [0, 0.05) is 31.8 Å². The average Bonchev–Trinajstić information content (AvgIpc) is 2.66. The lowest BCUT2D eigenvalue weighted by Crippen LogP contribution is -2.47. The van der Waals surface area contributed by atoms with E-state index in [1.165, 1.54) is 12.1 Å². The van der Waals surface area contributed by atoms with Crippen LogP contribution in [0, 0.1) is 16.0 Å². The van der Waals surface area contributed by atoms with E-state index in [0.717, 1.165) is 6.42 Å². The standard InChI is InChI=1S/C17H25N5O4S/c1-12(2)5-6-18-17(27)20-19-16(23)14-11-13(22(24)25)3-4-15(14)21-7-9-26-10-8-21/h3-4,11-12H,5-10H2,1-2H3,(H,19,23)(H2,18,20,27). The maximum absolute atomic E-state index is 12.6. The first kappa shape index (κ1) is 20.8. The number of hydrogen-bond acceptors (Lipinski definition) is 6. The number of anilines is 1. The number of rotatable bonds is 6. The van der Waals surface area contributed by atoms with Crippen LogP contribution in [0.1, 0.15) is 30.6 Å². The van der Waals surface area contributed by atoms with Crippen LogP contribution < -0.4 is 21.1 Å². The van der Waals surface area contributed by atoms with Crippen LogP contribution in [0.2, 0.25) is 0 Å². The highest BCUT2D eigenvalue weighted by molar-refractivity contribution is 7.80. The van der Waals surface area contributed by atoms with Gasteiger partial charge in [-0.05, 0) is 30.6 Å². The smallest absolute Gasteiger partial charge is 0.272 e. The highest BCUT2D eigenvalue weighted by Crippen LogP contribution is 2.26. The van der Waals surface area contributed by atoms with E-state index >= 15 is 0 Å². The second-order valence-electron chi connectivity index (χ2n) is 6.58. The predicted molar refractivity (Wildman–Crippen MR) is 107 cm³/mol. The van der Waals surface area contributed by atoms with Crippen molar-refractivity contribution in [3.05, 3.63) is 33.9 Å². The Morgan fingerprint density at radius 1 is 1.33 bits per heavy atom. The lowest BCUT2D eigenvalue weighted by Gasteiger charge is -2.30. The van der Waals surface area contributed by atoms with Gasteiger partial charge in [-0.3, -0.25) is 25.8 Å². The third-order valence-electron chi connectivity index (χ3n) is 4.08. The number of ether oxygens (including phenoxy) is 1. The summed E-state index contributed by atoms with van der Waals surface area (Å²) in [5.41, 5.74) is 5.85. The Morgan fingerprint density at radius 3 is 2.67 bits per heavy atom. The summed E-state index contributed by atoms with van der Waals surface area (Å²) >= 11 is 5.13. The topological polar surface area (TPSA) is 109 Å². The third-order valence-corrected chi connectivity index (χ3v) is 4.33. The van der Waals surface area contributed by atoms with E-state index in [1.54, 1.807) is 6.07 Å². The first-order chi connectivity index (χ1) is 12.9. The van der Waals surface area contributed by atoms with Crippen LogP contribution in [-0.2, 0) is 4.74 Å². The van der Waals surface area contributed by atoms with Crippen molar-refractivity contribution in [2.75, 3.05) is 37.7 Å². The first-order valence-electron chi connectivity index (χ1n) is 8.83. The van der Waals surface area contributed by atoms with Crippen molar-refractivity contribution in [1.29, 1.82) is 0 Å². The number of non-ortho nitro benzene ring substituents is 1. The average molecular weight is 395 g/mol. The zero-order valence-corrected chi connectivity index (χ0v) is 16.3. The summed E-state index contributed by atoms with van der Waals surface area (Å²) in [6.45, 7) is 7.21. The largest absolute Gasteiger partial charge is 0.378 e. The Kier molecular flexibility index (Phi) is 7.74. The molecule has 1 aliphatic rings. The third kappa shape index (κ3) is 6.33. The minimum atomic E-state index is -0.522. The fourth-order valence-corrected chi connectivity index (χ4v) is 2.75. The van der Waals surface area contributed by atoms with Crippen molar-refractivity contribution in [2.24, 2.45) is 5.92 Å². The summed E-state index contributed by atoms with van der Waals surface area (Å²) in [7, 11) is 0. The van der Waals surface area contributed by atoms with E-state index in [4.69, 9.17) is 17.0 Å². The summed E-state index contributed by atoms with van der Waals surface area (Å²) in [5, 5.41) is 14.4. The Hall–Kier alpha value is -2.46. The quantitative estimate of drug-likeness (QED) is 0.379. The summed E-state index contributed by atoms with van der Waals surface area (Å²) in [5.74, 6) is 0.0454. The van der Waals surface area contributed by atoms with E-state index in [0.29, 0.717) is 49.6 Å². The number of benzene rings is 1. The van der Waals surface area contributed by atoms with Gasteiger partial charge < -0.3 is 15.0 Å². The number of nitro benzene ring substituents is 1. The molecule has 1 aliphatic heterocycles. The molecule has 0 radical (unpaired) electrons. The molecule has 0 aliphatic carbocycles. The van der Waals surface area contributed by atoms with E-state index in [-0.39, 0.29) is 11.3 Å². The fourth-order valence-electron chi connectivity index (χ4n) is 2.60. The Morgan fingerprint density at radius 2 is 2.04 bits per heavy atom. The lowest BCUT2D eigenvalue weighted by atomic mass is 10.1. The molecule has 0 atom stereocenters. The van der Waals surface area contributed by atoms with Gasteiger partial charge in [0.05, 0.1) is 29.4 Å². The van der Waals surface area contributed by atoms with Crippen LogP contribution in [0.15, 0.2) is 18.2 Å². The molecule has 0 bridgehead atoms. The van der Waals surface area contributed by atoms with E-state index in [2.05, 4.69) is 30.0 Å². The molecule has 1 fully saturated rings. The number of amides is 1.